The quantitative estimate of drug-likeness (QED) is 0.197. The maximum Gasteiger partial charge on any atom is 0.175 e. The van der Waals surface area contributed by atoms with Gasteiger partial charge in [0.15, 0.2) is 8.68 Å². The van der Waals surface area contributed by atoms with Gasteiger partial charge in [0.25, 0.3) is 0 Å². The first-order valence-electron chi connectivity index (χ1n) is 10.1. The average Bonchev–Trinajstić information content (AvgIpc) is 3.13. The first-order chi connectivity index (χ1) is 15.7. The summed E-state index contributed by atoms with van der Waals surface area (Å²) in [5, 5.41) is 9.17. The highest BCUT2D eigenvalue weighted by Crippen LogP contribution is 2.36. The number of hydrogen-bond donors (Lipinski definition) is 0. The third kappa shape index (κ3) is 17.4. The number of hydrogen-bond acceptors (Lipinski definition) is 13. The Kier molecular flexibility index (Phi) is 17.7. The number of ketones is 4. The van der Waals surface area contributed by atoms with Gasteiger partial charge in [0.1, 0.15) is 23.1 Å². The fraction of sp³-hybridized carbons (Fsp3) is 0.700. The molecule has 0 atom stereocenters. The first kappa shape index (κ1) is 31.4. The van der Waals surface area contributed by atoms with Crippen LogP contribution in [-0.4, -0.2) is 89.9 Å². The fourth-order valence-corrected chi connectivity index (χ4v) is 10.7. The highest BCUT2D eigenvalue weighted by atomic mass is 32.2. The Morgan fingerprint density at radius 2 is 0.879 bits per heavy atom. The maximum absolute atomic E-state index is 11.3. The van der Waals surface area contributed by atoms with Gasteiger partial charge >= 0.3 is 0 Å². The Morgan fingerprint density at radius 3 is 1.12 bits per heavy atom. The molecule has 13 heteroatoms. The summed E-state index contributed by atoms with van der Waals surface area (Å²) in [6, 6.07) is 0. The van der Waals surface area contributed by atoms with Gasteiger partial charge in [-0.05, 0) is 27.7 Å². The van der Waals surface area contributed by atoms with Gasteiger partial charge in [-0.15, -0.1) is 10.2 Å². The van der Waals surface area contributed by atoms with Crippen molar-refractivity contribution in [1.82, 2.24) is 10.2 Å². The molecule has 1 rings (SSSR count). The van der Waals surface area contributed by atoms with Gasteiger partial charge < -0.3 is 0 Å². The zero-order chi connectivity index (χ0) is 24.6. The van der Waals surface area contributed by atoms with Crippen LogP contribution in [0.3, 0.4) is 0 Å². The topological polar surface area (TPSA) is 94.1 Å². The molecule has 1 aromatic rings. The lowest BCUT2D eigenvalue weighted by atomic mass is 10.5. The number of carbonyl (C=O) groups excluding carboxylic acids is 4. The average molecular weight is 587 g/mol. The van der Waals surface area contributed by atoms with E-state index in [1.807, 2.05) is 0 Å². The van der Waals surface area contributed by atoms with Crippen molar-refractivity contribution < 1.29 is 19.2 Å². The monoisotopic (exact) mass is 586 g/mol. The van der Waals surface area contributed by atoms with Gasteiger partial charge in [0.2, 0.25) is 0 Å². The Bertz CT molecular complexity index is 675. The minimum Gasteiger partial charge on any atom is -0.299 e. The van der Waals surface area contributed by atoms with Crippen LogP contribution in [-0.2, 0) is 19.2 Å². The molecule has 0 unspecified atom stereocenters. The molecular weight excluding hydrogens is 557 g/mol. The predicted molar refractivity (Wildman–Crippen MR) is 151 cm³/mol. The molecule has 0 saturated carbocycles. The SMILES string of the molecule is CC(=O)CSCC(CSCC(C)=O)Sc1nnc(SC(CSCC(C)=O)CSCC(C)=O)s1. The van der Waals surface area contributed by atoms with Crippen LogP contribution in [0.4, 0.5) is 0 Å². The van der Waals surface area contributed by atoms with Gasteiger partial charge in [-0.1, -0.05) is 34.9 Å². The van der Waals surface area contributed by atoms with Gasteiger partial charge in [-0.2, -0.15) is 47.0 Å². The summed E-state index contributed by atoms with van der Waals surface area (Å²) in [6.07, 6.45) is 0. The lowest BCUT2D eigenvalue weighted by Gasteiger charge is -2.14. The molecule has 0 fully saturated rings. The molecular formula is C20H30N2O4S7. The van der Waals surface area contributed by atoms with E-state index in [-0.39, 0.29) is 33.6 Å². The molecule has 0 saturated heterocycles. The number of nitrogens with zero attached hydrogens (tertiary/aromatic N) is 2. The van der Waals surface area contributed by atoms with Gasteiger partial charge in [-0.25, -0.2) is 0 Å². The second-order valence-corrected chi connectivity index (χ2v) is 15.4. The molecule has 1 heterocycles. The number of aromatic nitrogens is 2. The summed E-state index contributed by atoms with van der Waals surface area (Å²) in [4.78, 5) is 45.1. The van der Waals surface area contributed by atoms with E-state index in [1.165, 1.54) is 0 Å². The van der Waals surface area contributed by atoms with Crippen LogP contribution in [0.2, 0.25) is 0 Å². The minimum absolute atomic E-state index is 0.158. The zero-order valence-corrected chi connectivity index (χ0v) is 24.9. The van der Waals surface area contributed by atoms with Crippen molar-refractivity contribution in [3.63, 3.8) is 0 Å². The van der Waals surface area contributed by atoms with Crippen molar-refractivity contribution in [2.75, 3.05) is 46.0 Å². The molecule has 1 aromatic heterocycles. The van der Waals surface area contributed by atoms with Crippen molar-refractivity contribution in [2.24, 2.45) is 0 Å². The Balaban J connectivity index is 2.68. The van der Waals surface area contributed by atoms with E-state index in [9.17, 15) is 19.2 Å². The molecule has 0 spiro atoms. The number of carbonyl (C=O) groups is 4. The van der Waals surface area contributed by atoms with Crippen molar-refractivity contribution >= 4 is 105 Å². The standard InChI is InChI=1S/C20H30N2O4S7/c1-13(23)5-27-9-17(10-28-6-14(2)24)31-19-21-22-20(33-19)32-18(11-29-7-15(3)25)12-30-8-16(4)26/h17-18H,5-12H2,1-4H3. The minimum atomic E-state index is 0.158. The molecule has 186 valence electrons. The molecule has 0 aliphatic heterocycles. The largest absolute Gasteiger partial charge is 0.299 e. The second kappa shape index (κ2) is 18.6. The van der Waals surface area contributed by atoms with Crippen molar-refractivity contribution in [1.29, 1.82) is 0 Å². The van der Waals surface area contributed by atoms with E-state index in [0.29, 0.717) is 23.0 Å². The number of rotatable bonds is 20. The normalized spacial score (nSPS) is 11.3. The van der Waals surface area contributed by atoms with Crippen LogP contribution in [0.5, 0.6) is 0 Å². The lowest BCUT2D eigenvalue weighted by molar-refractivity contribution is -0.115. The summed E-state index contributed by atoms with van der Waals surface area (Å²) in [6.45, 7) is 6.36. The third-order valence-electron chi connectivity index (χ3n) is 3.36. The van der Waals surface area contributed by atoms with Crippen LogP contribution in [0.1, 0.15) is 27.7 Å². The van der Waals surface area contributed by atoms with Gasteiger partial charge in [0.05, 0.1) is 23.0 Å². The lowest BCUT2D eigenvalue weighted by Crippen LogP contribution is -2.12. The highest BCUT2D eigenvalue weighted by Gasteiger charge is 2.19. The molecule has 0 amide bonds. The summed E-state index contributed by atoms with van der Waals surface area (Å²) in [5.74, 6) is 5.83. The van der Waals surface area contributed by atoms with Gasteiger partial charge in [-0.3, -0.25) is 19.2 Å². The maximum atomic E-state index is 11.3. The summed E-state index contributed by atoms with van der Waals surface area (Å²) < 4.78 is 1.75. The number of thioether (sulfide) groups is 6. The molecule has 0 aliphatic carbocycles. The first-order valence-corrected chi connectivity index (χ1v) is 17.3. The summed E-state index contributed by atoms with van der Waals surface area (Å²) >= 11 is 11.3. The molecule has 0 aliphatic rings. The summed E-state index contributed by atoms with van der Waals surface area (Å²) in [5.41, 5.74) is 0. The van der Waals surface area contributed by atoms with Crippen LogP contribution in [0.25, 0.3) is 0 Å². The molecule has 0 radical (unpaired) electrons. The van der Waals surface area contributed by atoms with Crippen LogP contribution in [0, 0.1) is 0 Å². The van der Waals surface area contributed by atoms with Crippen molar-refractivity contribution in [2.45, 2.75) is 46.9 Å². The fourth-order valence-electron chi connectivity index (χ4n) is 2.15. The van der Waals surface area contributed by atoms with E-state index in [4.69, 9.17) is 0 Å². The molecule has 6 nitrogen and oxygen atoms in total. The Morgan fingerprint density at radius 1 is 0.606 bits per heavy atom. The summed E-state index contributed by atoms with van der Waals surface area (Å²) in [7, 11) is 0. The van der Waals surface area contributed by atoms with Crippen molar-refractivity contribution in [3.8, 4) is 0 Å². The van der Waals surface area contributed by atoms with Crippen LogP contribution < -0.4 is 0 Å². The van der Waals surface area contributed by atoms with Crippen LogP contribution >= 0.6 is 81.9 Å². The van der Waals surface area contributed by atoms with E-state index in [2.05, 4.69) is 10.2 Å². The zero-order valence-electron chi connectivity index (χ0n) is 19.2. The molecule has 0 N–H and O–H groups in total. The van der Waals surface area contributed by atoms with E-state index in [0.717, 1.165) is 31.7 Å². The van der Waals surface area contributed by atoms with E-state index in [1.54, 1.807) is 110 Å². The molecule has 0 aromatic carbocycles. The second-order valence-electron chi connectivity index (χ2n) is 7.18. The highest BCUT2D eigenvalue weighted by molar-refractivity contribution is 8.08. The van der Waals surface area contributed by atoms with Crippen molar-refractivity contribution in [3.05, 3.63) is 0 Å². The Labute approximate surface area is 225 Å². The van der Waals surface area contributed by atoms with E-state index < -0.39 is 0 Å². The molecule has 33 heavy (non-hydrogen) atoms. The smallest absolute Gasteiger partial charge is 0.175 e. The van der Waals surface area contributed by atoms with Gasteiger partial charge in [0, 0.05) is 33.5 Å². The third-order valence-corrected chi connectivity index (χ3v) is 12.7. The molecule has 0 bridgehead atoms. The number of Topliss-reactive ketones (excluding diaryl/α,β-unsaturated/α-hetero) is 4. The predicted octanol–water partition coefficient (Wildman–Crippen LogP) is 4.75. The Hall–Kier alpha value is 0.340. The van der Waals surface area contributed by atoms with E-state index >= 15 is 0 Å². The van der Waals surface area contributed by atoms with Crippen LogP contribution in [0.15, 0.2) is 8.68 Å².